The lowest BCUT2D eigenvalue weighted by atomic mass is 9.43. The summed E-state index contributed by atoms with van der Waals surface area (Å²) in [5, 5.41) is 0. The van der Waals surface area contributed by atoms with Crippen LogP contribution in [0.15, 0.2) is 0 Å². The number of ether oxygens (including phenoxy) is 1. The lowest BCUT2D eigenvalue weighted by Gasteiger charge is -2.62. The van der Waals surface area contributed by atoms with Gasteiger partial charge in [-0.1, -0.05) is 20.8 Å². The Bertz CT molecular complexity index is 584. The number of fused-ring (bicyclic) bond motifs is 5. The van der Waals surface area contributed by atoms with Gasteiger partial charge in [0.2, 0.25) is 0 Å². The van der Waals surface area contributed by atoms with Gasteiger partial charge in [-0.25, -0.2) is 0 Å². The molecule has 0 aromatic heterocycles. The SMILES string of the molecule is CC(=O)O[C@H]1CC[C@H]2[C@@H]3CCC4CC(=O)C[C@H](C)[C@]4(C)[C@H]3CC[C@]12C. The maximum Gasteiger partial charge on any atom is 0.302 e. The first kappa shape index (κ1) is 17.5. The van der Waals surface area contributed by atoms with Crippen LogP contribution in [-0.2, 0) is 14.3 Å². The van der Waals surface area contributed by atoms with Crippen molar-refractivity contribution in [1.82, 2.24) is 0 Å². The van der Waals surface area contributed by atoms with Crippen LogP contribution in [0.25, 0.3) is 0 Å². The summed E-state index contributed by atoms with van der Waals surface area (Å²) in [6.45, 7) is 8.77. The molecule has 0 aromatic carbocycles. The van der Waals surface area contributed by atoms with Gasteiger partial charge in [-0.2, -0.15) is 0 Å². The smallest absolute Gasteiger partial charge is 0.302 e. The van der Waals surface area contributed by atoms with Gasteiger partial charge in [-0.15, -0.1) is 0 Å². The number of ketones is 1. The average Bonchev–Trinajstić information content (AvgIpc) is 2.85. The van der Waals surface area contributed by atoms with E-state index in [0.29, 0.717) is 29.0 Å². The highest BCUT2D eigenvalue weighted by Gasteiger charge is 2.62. The van der Waals surface area contributed by atoms with Gasteiger partial charge in [0.25, 0.3) is 0 Å². The summed E-state index contributed by atoms with van der Waals surface area (Å²) in [5.74, 6) is 3.69. The van der Waals surface area contributed by atoms with Crippen LogP contribution in [0.3, 0.4) is 0 Å². The highest BCUT2D eigenvalue weighted by molar-refractivity contribution is 5.80. The van der Waals surface area contributed by atoms with E-state index in [0.717, 1.165) is 31.1 Å². The van der Waals surface area contributed by atoms with Crippen molar-refractivity contribution in [2.45, 2.75) is 85.2 Å². The first-order chi connectivity index (χ1) is 11.8. The third-order valence-corrected chi connectivity index (χ3v) is 9.26. The molecule has 140 valence electrons. The summed E-state index contributed by atoms with van der Waals surface area (Å²) in [4.78, 5) is 23.7. The van der Waals surface area contributed by atoms with E-state index in [1.165, 1.54) is 32.1 Å². The largest absolute Gasteiger partial charge is 0.462 e. The Balaban J connectivity index is 1.61. The third-order valence-electron chi connectivity index (χ3n) is 9.26. The van der Waals surface area contributed by atoms with Crippen molar-refractivity contribution in [1.29, 1.82) is 0 Å². The van der Waals surface area contributed by atoms with E-state index in [1.54, 1.807) is 6.92 Å². The van der Waals surface area contributed by atoms with Crippen molar-refractivity contribution in [2.75, 3.05) is 0 Å². The molecule has 0 aliphatic heterocycles. The van der Waals surface area contributed by atoms with Crippen molar-refractivity contribution in [3.05, 3.63) is 0 Å². The molecule has 4 rings (SSSR count). The van der Waals surface area contributed by atoms with Crippen LogP contribution in [0.1, 0.15) is 79.1 Å². The Kier molecular flexibility index (Phi) is 4.09. The predicted molar refractivity (Wildman–Crippen MR) is 96.8 cm³/mol. The zero-order chi connectivity index (χ0) is 18.0. The lowest BCUT2D eigenvalue weighted by molar-refractivity contribution is -0.167. The van der Waals surface area contributed by atoms with E-state index in [4.69, 9.17) is 4.74 Å². The minimum absolute atomic E-state index is 0.117. The molecule has 4 aliphatic rings. The number of hydrogen-bond donors (Lipinski definition) is 0. The second-order valence-electron chi connectivity index (χ2n) is 10.1. The number of hydrogen-bond acceptors (Lipinski definition) is 3. The fourth-order valence-electron chi connectivity index (χ4n) is 7.82. The fourth-order valence-corrected chi connectivity index (χ4v) is 7.82. The molecule has 25 heavy (non-hydrogen) atoms. The van der Waals surface area contributed by atoms with E-state index in [1.807, 2.05) is 0 Å². The lowest BCUT2D eigenvalue weighted by Crippen LogP contribution is -2.56. The Morgan fingerprint density at radius 1 is 1.04 bits per heavy atom. The van der Waals surface area contributed by atoms with Gasteiger partial charge in [0.05, 0.1) is 0 Å². The zero-order valence-electron chi connectivity index (χ0n) is 16.3. The summed E-state index contributed by atoms with van der Waals surface area (Å²) in [7, 11) is 0. The maximum atomic E-state index is 12.2. The van der Waals surface area contributed by atoms with Crippen molar-refractivity contribution < 1.29 is 14.3 Å². The predicted octanol–water partition coefficient (Wildman–Crippen LogP) is 4.78. The summed E-state index contributed by atoms with van der Waals surface area (Å²) in [6, 6.07) is 0. The number of rotatable bonds is 1. The Morgan fingerprint density at radius 2 is 1.80 bits per heavy atom. The van der Waals surface area contributed by atoms with Crippen LogP contribution in [0.4, 0.5) is 0 Å². The van der Waals surface area contributed by atoms with Crippen LogP contribution in [0.2, 0.25) is 0 Å². The molecule has 1 unspecified atom stereocenters. The first-order valence-electron chi connectivity index (χ1n) is 10.5. The van der Waals surface area contributed by atoms with Gasteiger partial charge in [-0.3, -0.25) is 9.59 Å². The van der Waals surface area contributed by atoms with Crippen LogP contribution in [0, 0.1) is 40.4 Å². The van der Waals surface area contributed by atoms with Crippen LogP contribution in [-0.4, -0.2) is 17.9 Å². The molecule has 4 aliphatic carbocycles. The third kappa shape index (κ3) is 2.44. The van der Waals surface area contributed by atoms with Gasteiger partial charge < -0.3 is 4.74 Å². The first-order valence-corrected chi connectivity index (χ1v) is 10.5. The molecule has 4 fully saturated rings. The summed E-state index contributed by atoms with van der Waals surface area (Å²) >= 11 is 0. The molecule has 4 saturated carbocycles. The minimum Gasteiger partial charge on any atom is -0.462 e. The second-order valence-corrected chi connectivity index (χ2v) is 10.1. The Hall–Kier alpha value is -0.860. The molecule has 0 N–H and O–H groups in total. The standard InChI is InChI=1S/C22H34O3/c1-13-11-16(24)12-15-5-6-17-18-7-8-20(25-14(2)23)21(18,3)10-9-19(17)22(13,15)4/h13,15,17-20H,5-12H2,1-4H3/t13-,15?,17-,18-,19-,20-,21-,22-/m0/s1. The number of Topliss-reactive ketones (excluding diaryl/α,β-unsaturated/α-hetero) is 1. The molecule has 3 heteroatoms. The average molecular weight is 347 g/mol. The summed E-state index contributed by atoms with van der Waals surface area (Å²) in [6.07, 6.45) is 8.90. The normalized spacial score (nSPS) is 52.1. The van der Waals surface area contributed by atoms with Gasteiger partial charge in [-0.05, 0) is 73.5 Å². The van der Waals surface area contributed by atoms with Crippen LogP contribution in [0.5, 0.6) is 0 Å². The van der Waals surface area contributed by atoms with Crippen molar-refractivity contribution in [2.24, 2.45) is 40.4 Å². The second kappa shape index (κ2) is 5.82. The van der Waals surface area contributed by atoms with E-state index in [9.17, 15) is 9.59 Å². The highest BCUT2D eigenvalue weighted by Crippen LogP contribution is 2.67. The molecule has 0 saturated heterocycles. The topological polar surface area (TPSA) is 43.4 Å². The molecule has 0 amide bonds. The molecule has 0 aromatic rings. The highest BCUT2D eigenvalue weighted by atomic mass is 16.5. The Morgan fingerprint density at radius 3 is 2.52 bits per heavy atom. The molecule has 0 heterocycles. The quantitative estimate of drug-likeness (QED) is 0.642. The van der Waals surface area contributed by atoms with E-state index >= 15 is 0 Å². The summed E-state index contributed by atoms with van der Waals surface area (Å²) in [5.41, 5.74) is 0.501. The van der Waals surface area contributed by atoms with Gasteiger partial charge in [0.15, 0.2) is 0 Å². The van der Waals surface area contributed by atoms with Gasteiger partial charge in [0.1, 0.15) is 11.9 Å². The minimum atomic E-state index is -0.121. The van der Waals surface area contributed by atoms with Crippen LogP contribution < -0.4 is 0 Å². The molecular weight excluding hydrogens is 312 g/mol. The monoisotopic (exact) mass is 346 g/mol. The molecule has 0 spiro atoms. The van der Waals surface area contributed by atoms with Crippen molar-refractivity contribution >= 4 is 11.8 Å². The van der Waals surface area contributed by atoms with Crippen molar-refractivity contribution in [3.63, 3.8) is 0 Å². The Labute approximate surface area is 152 Å². The summed E-state index contributed by atoms with van der Waals surface area (Å²) < 4.78 is 5.75. The molecule has 0 bridgehead atoms. The van der Waals surface area contributed by atoms with E-state index in [-0.39, 0.29) is 17.5 Å². The zero-order valence-corrected chi connectivity index (χ0v) is 16.3. The number of carbonyl (C=O) groups excluding carboxylic acids is 2. The van der Waals surface area contributed by atoms with Gasteiger partial charge >= 0.3 is 5.97 Å². The number of carbonyl (C=O) groups is 2. The molecule has 8 atom stereocenters. The van der Waals surface area contributed by atoms with Crippen molar-refractivity contribution in [3.8, 4) is 0 Å². The van der Waals surface area contributed by atoms with E-state index in [2.05, 4.69) is 20.8 Å². The molecular formula is C22H34O3. The maximum absolute atomic E-state index is 12.2. The van der Waals surface area contributed by atoms with E-state index < -0.39 is 0 Å². The molecule has 3 nitrogen and oxygen atoms in total. The number of esters is 1. The van der Waals surface area contributed by atoms with Crippen LogP contribution >= 0.6 is 0 Å². The fraction of sp³-hybridized carbons (Fsp3) is 0.909. The van der Waals surface area contributed by atoms with Gasteiger partial charge in [0, 0.05) is 25.2 Å². The molecule has 0 radical (unpaired) electrons.